The third-order valence-electron chi connectivity index (χ3n) is 2.17. The Bertz CT molecular complexity index is 228. The molecule has 0 aromatic carbocycles. The molecule has 0 aliphatic rings. The van der Waals surface area contributed by atoms with Crippen LogP contribution in [0.3, 0.4) is 0 Å². The van der Waals surface area contributed by atoms with E-state index in [2.05, 4.69) is 4.74 Å². The molecule has 0 aliphatic heterocycles. The molecule has 0 amide bonds. The minimum absolute atomic E-state index is 0.119. The van der Waals surface area contributed by atoms with Gasteiger partial charge in [-0.1, -0.05) is 25.3 Å². The van der Waals surface area contributed by atoms with Gasteiger partial charge in [0, 0.05) is 12.5 Å². The lowest BCUT2D eigenvalue weighted by Gasteiger charge is -1.99. The van der Waals surface area contributed by atoms with Crippen LogP contribution in [0.1, 0.15) is 44.9 Å². The van der Waals surface area contributed by atoms with Crippen molar-refractivity contribution in [3.8, 4) is 6.07 Å². The van der Waals surface area contributed by atoms with Gasteiger partial charge in [-0.3, -0.25) is 4.79 Å². The Morgan fingerprint density at radius 2 is 1.93 bits per heavy atom. The van der Waals surface area contributed by atoms with Gasteiger partial charge in [-0.25, -0.2) is 0 Å². The molecule has 3 heteroatoms. The van der Waals surface area contributed by atoms with Crippen LogP contribution in [0, 0.1) is 11.3 Å². The summed E-state index contributed by atoms with van der Waals surface area (Å²) in [6.45, 7) is 0. The highest BCUT2D eigenvalue weighted by atomic mass is 16.5. The third-order valence-corrected chi connectivity index (χ3v) is 2.17. The van der Waals surface area contributed by atoms with Crippen LogP contribution in [0.5, 0.6) is 0 Å². The summed E-state index contributed by atoms with van der Waals surface area (Å²) in [4.78, 5) is 10.8. The molecule has 0 bridgehead atoms. The van der Waals surface area contributed by atoms with E-state index in [0.717, 1.165) is 38.5 Å². The molecule has 0 N–H and O–H groups in total. The van der Waals surface area contributed by atoms with Crippen molar-refractivity contribution in [2.75, 3.05) is 7.11 Å². The molecule has 0 radical (unpaired) electrons. The fraction of sp³-hybridized carbons (Fsp3) is 0.667. The molecule has 0 atom stereocenters. The van der Waals surface area contributed by atoms with Crippen LogP contribution in [-0.4, -0.2) is 13.1 Å². The van der Waals surface area contributed by atoms with Crippen LogP contribution < -0.4 is 0 Å². The van der Waals surface area contributed by atoms with Crippen molar-refractivity contribution in [3.63, 3.8) is 0 Å². The van der Waals surface area contributed by atoms with Gasteiger partial charge in [0.2, 0.25) is 0 Å². The summed E-state index contributed by atoms with van der Waals surface area (Å²) >= 11 is 0. The highest BCUT2D eigenvalue weighted by molar-refractivity contribution is 5.68. The van der Waals surface area contributed by atoms with Crippen molar-refractivity contribution in [1.82, 2.24) is 0 Å². The van der Waals surface area contributed by atoms with Gasteiger partial charge < -0.3 is 4.74 Å². The average molecular weight is 209 g/mol. The fourth-order valence-electron chi connectivity index (χ4n) is 1.30. The number of unbranched alkanes of at least 4 members (excludes halogenated alkanes) is 5. The zero-order valence-electron chi connectivity index (χ0n) is 9.37. The lowest BCUT2D eigenvalue weighted by Crippen LogP contribution is -1.98. The summed E-state index contributed by atoms with van der Waals surface area (Å²) in [6, 6.07) is 1.97. The van der Waals surface area contributed by atoms with Crippen LogP contribution >= 0.6 is 0 Å². The van der Waals surface area contributed by atoms with Crippen LogP contribution in [0.15, 0.2) is 12.2 Å². The van der Waals surface area contributed by atoms with E-state index in [1.807, 2.05) is 12.1 Å². The Morgan fingerprint density at radius 1 is 1.27 bits per heavy atom. The molecule has 0 saturated heterocycles. The summed E-state index contributed by atoms with van der Waals surface area (Å²) in [7, 11) is 1.42. The van der Waals surface area contributed by atoms with E-state index in [-0.39, 0.29) is 5.97 Å². The van der Waals surface area contributed by atoms with Crippen molar-refractivity contribution >= 4 is 5.97 Å². The highest BCUT2D eigenvalue weighted by Crippen LogP contribution is 2.07. The summed E-state index contributed by atoms with van der Waals surface area (Å²) < 4.78 is 4.54. The number of hydrogen-bond acceptors (Lipinski definition) is 3. The molecule has 84 valence electrons. The second-order valence-corrected chi connectivity index (χ2v) is 3.41. The van der Waals surface area contributed by atoms with Gasteiger partial charge in [0.25, 0.3) is 0 Å². The van der Waals surface area contributed by atoms with Crippen molar-refractivity contribution < 1.29 is 9.53 Å². The fourth-order valence-corrected chi connectivity index (χ4v) is 1.30. The van der Waals surface area contributed by atoms with Gasteiger partial charge in [0.1, 0.15) is 0 Å². The zero-order chi connectivity index (χ0) is 11.4. The van der Waals surface area contributed by atoms with Crippen LogP contribution in [0.2, 0.25) is 0 Å². The topological polar surface area (TPSA) is 50.1 Å². The first-order chi connectivity index (χ1) is 7.31. The average Bonchev–Trinajstić information content (AvgIpc) is 2.26. The number of nitriles is 1. The molecular weight excluding hydrogens is 190 g/mol. The first kappa shape index (κ1) is 13.7. The minimum Gasteiger partial charge on any atom is -0.469 e. The number of rotatable bonds is 8. The van der Waals surface area contributed by atoms with Gasteiger partial charge in [-0.2, -0.15) is 5.26 Å². The summed E-state index contributed by atoms with van der Waals surface area (Å²) in [5.74, 6) is -0.119. The number of nitrogens with zero attached hydrogens (tertiary/aromatic N) is 1. The van der Waals surface area contributed by atoms with Crippen LogP contribution in [-0.2, 0) is 9.53 Å². The lowest BCUT2D eigenvalue weighted by atomic mass is 10.1. The molecule has 0 unspecified atom stereocenters. The largest absolute Gasteiger partial charge is 0.469 e. The summed E-state index contributed by atoms with van der Waals surface area (Å²) in [6.07, 6.45) is 10.4. The second kappa shape index (κ2) is 10.8. The van der Waals surface area contributed by atoms with Crippen LogP contribution in [0.4, 0.5) is 0 Å². The molecule has 0 rings (SSSR count). The molecule has 0 aliphatic carbocycles. The minimum atomic E-state index is -0.119. The maximum absolute atomic E-state index is 10.8. The lowest BCUT2D eigenvalue weighted by molar-refractivity contribution is -0.140. The molecule has 0 saturated carbocycles. The van der Waals surface area contributed by atoms with Gasteiger partial charge in [-0.05, 0) is 19.3 Å². The monoisotopic (exact) mass is 209 g/mol. The first-order valence-electron chi connectivity index (χ1n) is 5.42. The Kier molecular flexibility index (Phi) is 9.84. The summed E-state index contributed by atoms with van der Waals surface area (Å²) in [5.41, 5.74) is 0. The Hall–Kier alpha value is -1.30. The van der Waals surface area contributed by atoms with E-state index in [9.17, 15) is 4.79 Å². The van der Waals surface area contributed by atoms with Crippen molar-refractivity contribution in [1.29, 1.82) is 5.26 Å². The predicted molar refractivity (Wildman–Crippen MR) is 59.1 cm³/mol. The Morgan fingerprint density at radius 3 is 2.60 bits per heavy atom. The second-order valence-electron chi connectivity index (χ2n) is 3.41. The highest BCUT2D eigenvalue weighted by Gasteiger charge is 1.98. The number of hydrogen-bond donors (Lipinski definition) is 0. The molecule has 3 nitrogen and oxygen atoms in total. The standard InChI is InChI=1S/C12H19NO2/c1-15-12(14)10-8-6-4-2-3-5-7-9-11-13/h7,9H,2-6,8,10H2,1H3/b9-7+. The Balaban J connectivity index is 3.09. The van der Waals surface area contributed by atoms with E-state index >= 15 is 0 Å². The van der Waals surface area contributed by atoms with E-state index in [1.165, 1.54) is 13.2 Å². The van der Waals surface area contributed by atoms with E-state index in [4.69, 9.17) is 5.26 Å². The van der Waals surface area contributed by atoms with Crippen LogP contribution in [0.25, 0.3) is 0 Å². The molecular formula is C12H19NO2. The maximum atomic E-state index is 10.8. The van der Waals surface area contributed by atoms with Crippen molar-refractivity contribution in [3.05, 3.63) is 12.2 Å². The number of esters is 1. The number of carbonyl (C=O) groups is 1. The third kappa shape index (κ3) is 10.6. The normalized spacial score (nSPS) is 10.1. The number of methoxy groups -OCH3 is 1. The predicted octanol–water partition coefficient (Wildman–Crippen LogP) is 2.97. The molecule has 0 aromatic heterocycles. The van der Waals surface area contributed by atoms with E-state index < -0.39 is 0 Å². The van der Waals surface area contributed by atoms with Gasteiger partial charge in [0.15, 0.2) is 0 Å². The van der Waals surface area contributed by atoms with Gasteiger partial charge >= 0.3 is 5.97 Å². The quantitative estimate of drug-likeness (QED) is 0.351. The number of ether oxygens (including phenoxy) is 1. The van der Waals surface area contributed by atoms with Crippen molar-refractivity contribution in [2.45, 2.75) is 44.9 Å². The molecule has 0 spiro atoms. The maximum Gasteiger partial charge on any atom is 0.305 e. The smallest absolute Gasteiger partial charge is 0.305 e. The van der Waals surface area contributed by atoms with Gasteiger partial charge in [0.05, 0.1) is 13.2 Å². The molecule has 15 heavy (non-hydrogen) atoms. The SMILES string of the molecule is COC(=O)CCCCCCC/C=C/C#N. The van der Waals surface area contributed by atoms with Gasteiger partial charge in [-0.15, -0.1) is 0 Å². The first-order valence-corrected chi connectivity index (χ1v) is 5.42. The Labute approximate surface area is 91.7 Å². The molecule has 0 heterocycles. The zero-order valence-corrected chi connectivity index (χ0v) is 9.37. The number of allylic oxidation sites excluding steroid dienone is 2. The molecule has 0 aromatic rings. The molecule has 0 fully saturated rings. The summed E-state index contributed by atoms with van der Waals surface area (Å²) in [5, 5.41) is 8.23. The number of carbonyl (C=O) groups excluding carboxylic acids is 1. The van der Waals surface area contributed by atoms with E-state index in [1.54, 1.807) is 0 Å². The van der Waals surface area contributed by atoms with Crippen molar-refractivity contribution in [2.24, 2.45) is 0 Å². The van der Waals surface area contributed by atoms with E-state index in [0.29, 0.717) is 6.42 Å².